The van der Waals surface area contributed by atoms with Crippen molar-refractivity contribution in [2.45, 2.75) is 45.1 Å². The molecule has 2 amide bonds. The number of hydrogen-bond donors (Lipinski definition) is 2. The molecule has 1 saturated heterocycles. The Balaban J connectivity index is 1.37. The van der Waals surface area contributed by atoms with Crippen LogP contribution in [0.25, 0.3) is 11.1 Å². The highest BCUT2D eigenvalue weighted by molar-refractivity contribution is 5.86. The Labute approximate surface area is 200 Å². The molecule has 2 atom stereocenters. The lowest BCUT2D eigenvalue weighted by Gasteiger charge is -2.36. The molecule has 7 nitrogen and oxygen atoms in total. The van der Waals surface area contributed by atoms with Crippen molar-refractivity contribution in [3.63, 3.8) is 0 Å². The maximum atomic E-state index is 13.2. The Kier molecular flexibility index (Phi) is 7.20. The average Bonchev–Trinajstić information content (AvgIpc) is 3.16. The molecule has 34 heavy (non-hydrogen) atoms. The molecule has 0 radical (unpaired) electrons. The third-order valence-corrected chi connectivity index (χ3v) is 7.00. The second kappa shape index (κ2) is 10.3. The summed E-state index contributed by atoms with van der Waals surface area (Å²) < 4.78 is 5.59. The van der Waals surface area contributed by atoms with Crippen LogP contribution in [0.2, 0.25) is 0 Å². The molecule has 1 fully saturated rings. The van der Waals surface area contributed by atoms with Gasteiger partial charge in [0.15, 0.2) is 0 Å². The van der Waals surface area contributed by atoms with E-state index in [-0.39, 0.29) is 30.9 Å². The number of fused-ring (bicyclic) bond motifs is 3. The summed E-state index contributed by atoms with van der Waals surface area (Å²) in [6.07, 6.45) is 1.48. The molecule has 0 spiro atoms. The van der Waals surface area contributed by atoms with Gasteiger partial charge in [-0.1, -0.05) is 62.4 Å². The number of carboxylic acid groups (broad SMARTS) is 1. The van der Waals surface area contributed by atoms with Crippen LogP contribution in [0.3, 0.4) is 0 Å². The van der Waals surface area contributed by atoms with E-state index >= 15 is 0 Å². The van der Waals surface area contributed by atoms with Gasteiger partial charge in [-0.3, -0.25) is 4.79 Å². The lowest BCUT2D eigenvalue weighted by molar-refractivity contribution is -0.154. The Morgan fingerprint density at radius 1 is 1.03 bits per heavy atom. The van der Waals surface area contributed by atoms with E-state index in [1.165, 1.54) is 4.90 Å². The second-order valence-electron chi connectivity index (χ2n) is 9.44. The number of carboxylic acids is 1. The summed E-state index contributed by atoms with van der Waals surface area (Å²) in [5, 5.41) is 12.3. The predicted molar refractivity (Wildman–Crippen MR) is 128 cm³/mol. The number of nitrogens with one attached hydrogen (secondary N) is 1. The van der Waals surface area contributed by atoms with Crippen molar-refractivity contribution in [1.82, 2.24) is 10.2 Å². The summed E-state index contributed by atoms with van der Waals surface area (Å²) in [5.41, 5.74) is 4.59. The molecule has 0 aromatic heterocycles. The predicted octanol–water partition coefficient (Wildman–Crippen LogP) is 4.26. The first-order chi connectivity index (χ1) is 16.4. The SMILES string of the molecule is CC(C)C(CNC(=O)OCC1c2ccccc2-c2ccccc21)C(=O)N1CCCC[C@@H]1C(=O)O. The van der Waals surface area contributed by atoms with E-state index in [0.29, 0.717) is 13.0 Å². The molecule has 0 bridgehead atoms. The first-order valence-electron chi connectivity index (χ1n) is 12.0. The van der Waals surface area contributed by atoms with E-state index in [1.54, 1.807) is 0 Å². The fourth-order valence-corrected chi connectivity index (χ4v) is 5.12. The van der Waals surface area contributed by atoms with Gasteiger partial charge in [0.2, 0.25) is 5.91 Å². The van der Waals surface area contributed by atoms with E-state index in [4.69, 9.17) is 4.74 Å². The van der Waals surface area contributed by atoms with Crippen LogP contribution in [0.4, 0.5) is 4.79 Å². The molecule has 7 heteroatoms. The molecule has 1 aliphatic carbocycles. The fraction of sp³-hybridized carbons (Fsp3) is 0.444. The number of carbonyl (C=O) groups is 3. The standard InChI is InChI=1S/C27H32N2O5/c1-17(2)22(25(30)29-14-8-7-13-24(29)26(31)32)15-28-27(33)34-16-23-20-11-5-3-9-18(20)19-10-4-6-12-21(19)23/h3-6,9-12,17,22-24H,7-8,13-16H2,1-2H3,(H,28,33)(H,31,32)/t22?,24-/m1/s1. The second-order valence-corrected chi connectivity index (χ2v) is 9.44. The quantitative estimate of drug-likeness (QED) is 0.638. The zero-order valence-electron chi connectivity index (χ0n) is 19.7. The number of rotatable bonds is 7. The number of alkyl carbamates (subject to hydrolysis) is 1. The lowest BCUT2D eigenvalue weighted by atomic mass is 9.91. The van der Waals surface area contributed by atoms with Gasteiger partial charge in [-0.15, -0.1) is 0 Å². The van der Waals surface area contributed by atoms with Gasteiger partial charge >= 0.3 is 12.1 Å². The highest BCUT2D eigenvalue weighted by Crippen LogP contribution is 2.44. The summed E-state index contributed by atoms with van der Waals surface area (Å²) >= 11 is 0. The maximum absolute atomic E-state index is 13.2. The molecule has 2 N–H and O–H groups in total. The van der Waals surface area contributed by atoms with Crippen LogP contribution in [0.15, 0.2) is 48.5 Å². The molecule has 0 saturated carbocycles. The molecule has 2 aromatic rings. The van der Waals surface area contributed by atoms with Gasteiger partial charge in [-0.2, -0.15) is 0 Å². The van der Waals surface area contributed by atoms with Gasteiger partial charge in [0, 0.05) is 19.0 Å². The summed E-state index contributed by atoms with van der Waals surface area (Å²) in [7, 11) is 0. The molecular weight excluding hydrogens is 432 g/mol. The summed E-state index contributed by atoms with van der Waals surface area (Å²) in [5.74, 6) is -1.80. The summed E-state index contributed by atoms with van der Waals surface area (Å²) in [6, 6.07) is 15.5. The van der Waals surface area contributed by atoms with Crippen molar-refractivity contribution in [2.75, 3.05) is 19.7 Å². The molecule has 1 aliphatic heterocycles. The van der Waals surface area contributed by atoms with E-state index in [1.807, 2.05) is 38.1 Å². The molecule has 2 aromatic carbocycles. The first-order valence-corrected chi connectivity index (χ1v) is 12.0. The minimum absolute atomic E-state index is 0.0367. The monoisotopic (exact) mass is 464 g/mol. The largest absolute Gasteiger partial charge is 0.480 e. The zero-order chi connectivity index (χ0) is 24.2. The van der Waals surface area contributed by atoms with Crippen LogP contribution in [0.1, 0.15) is 50.2 Å². The van der Waals surface area contributed by atoms with Crippen molar-refractivity contribution in [3.8, 4) is 11.1 Å². The molecule has 180 valence electrons. The molecule has 4 rings (SSSR count). The van der Waals surface area contributed by atoms with Gasteiger partial charge < -0.3 is 20.1 Å². The Morgan fingerprint density at radius 2 is 1.65 bits per heavy atom. The Morgan fingerprint density at radius 3 is 2.24 bits per heavy atom. The summed E-state index contributed by atoms with van der Waals surface area (Å²) in [6.45, 7) is 4.55. The van der Waals surface area contributed by atoms with Crippen molar-refractivity contribution in [3.05, 3.63) is 59.7 Å². The molecular formula is C27H32N2O5. The Hall–Kier alpha value is -3.35. The Bertz CT molecular complexity index is 1020. The van der Waals surface area contributed by atoms with Crippen LogP contribution < -0.4 is 5.32 Å². The number of piperidine rings is 1. The normalized spacial score (nSPS) is 18.2. The highest BCUT2D eigenvalue weighted by Gasteiger charge is 2.36. The number of hydrogen-bond acceptors (Lipinski definition) is 4. The van der Waals surface area contributed by atoms with Crippen molar-refractivity contribution in [2.24, 2.45) is 11.8 Å². The number of nitrogens with zero attached hydrogens (tertiary/aromatic N) is 1. The van der Waals surface area contributed by atoms with Crippen molar-refractivity contribution < 1.29 is 24.2 Å². The van der Waals surface area contributed by atoms with Crippen LogP contribution >= 0.6 is 0 Å². The number of carbonyl (C=O) groups excluding carboxylic acids is 2. The minimum atomic E-state index is -0.972. The van der Waals surface area contributed by atoms with Crippen LogP contribution in [0, 0.1) is 11.8 Å². The minimum Gasteiger partial charge on any atom is -0.480 e. The van der Waals surface area contributed by atoms with E-state index in [9.17, 15) is 19.5 Å². The van der Waals surface area contributed by atoms with Gasteiger partial charge in [-0.25, -0.2) is 9.59 Å². The number of likely N-dealkylation sites (tertiary alicyclic amines) is 1. The van der Waals surface area contributed by atoms with Gasteiger partial charge in [0.25, 0.3) is 0 Å². The molecule has 1 heterocycles. The number of aliphatic carboxylic acids is 1. The van der Waals surface area contributed by atoms with Crippen LogP contribution in [0.5, 0.6) is 0 Å². The lowest BCUT2D eigenvalue weighted by Crippen LogP contribution is -2.52. The average molecular weight is 465 g/mol. The van der Waals surface area contributed by atoms with Crippen molar-refractivity contribution in [1.29, 1.82) is 0 Å². The topological polar surface area (TPSA) is 95.9 Å². The van der Waals surface area contributed by atoms with Gasteiger partial charge in [0.05, 0.1) is 5.92 Å². The van der Waals surface area contributed by atoms with E-state index in [0.717, 1.165) is 35.1 Å². The van der Waals surface area contributed by atoms with E-state index < -0.39 is 24.0 Å². The third kappa shape index (κ3) is 4.79. The van der Waals surface area contributed by atoms with Gasteiger partial charge in [-0.05, 0) is 47.4 Å². The van der Waals surface area contributed by atoms with Crippen LogP contribution in [-0.4, -0.2) is 53.7 Å². The molecule has 1 unspecified atom stereocenters. The number of benzene rings is 2. The van der Waals surface area contributed by atoms with Crippen LogP contribution in [-0.2, 0) is 14.3 Å². The zero-order valence-corrected chi connectivity index (χ0v) is 19.7. The van der Waals surface area contributed by atoms with Gasteiger partial charge in [0.1, 0.15) is 12.6 Å². The maximum Gasteiger partial charge on any atom is 0.407 e. The smallest absolute Gasteiger partial charge is 0.407 e. The number of amides is 2. The fourth-order valence-electron chi connectivity index (χ4n) is 5.12. The van der Waals surface area contributed by atoms with Crippen molar-refractivity contribution >= 4 is 18.0 Å². The highest BCUT2D eigenvalue weighted by atomic mass is 16.5. The number of ether oxygens (including phenoxy) is 1. The molecule has 2 aliphatic rings. The first kappa shape index (κ1) is 23.8. The summed E-state index contributed by atoms with van der Waals surface area (Å²) in [4.78, 5) is 38.8. The van der Waals surface area contributed by atoms with E-state index in [2.05, 4.69) is 29.6 Å². The third-order valence-electron chi connectivity index (χ3n) is 7.00.